The number of rotatable bonds is 7. The first-order chi connectivity index (χ1) is 17.5. The van der Waals surface area contributed by atoms with Crippen molar-refractivity contribution in [3.8, 4) is 11.3 Å². The van der Waals surface area contributed by atoms with E-state index in [2.05, 4.69) is 10.3 Å². The topological polar surface area (TPSA) is 85.4 Å². The van der Waals surface area contributed by atoms with Gasteiger partial charge in [-0.15, -0.1) is 0 Å². The lowest BCUT2D eigenvalue weighted by molar-refractivity contribution is -0.284. The first kappa shape index (κ1) is 29.7. The highest BCUT2D eigenvalue weighted by Crippen LogP contribution is 2.39. The molecule has 1 aromatic carbocycles. The van der Waals surface area contributed by atoms with Crippen LogP contribution in [0.2, 0.25) is 0 Å². The summed E-state index contributed by atoms with van der Waals surface area (Å²) in [4.78, 5) is 29.7. The van der Waals surface area contributed by atoms with E-state index in [-0.39, 0.29) is 23.3 Å². The summed E-state index contributed by atoms with van der Waals surface area (Å²) in [7, 11) is -3.68. The first-order valence-corrected chi connectivity index (χ1v) is 13.5. The lowest BCUT2D eigenvalue weighted by atomic mass is 9.96. The molecule has 6 nitrogen and oxygen atoms in total. The van der Waals surface area contributed by atoms with E-state index in [4.69, 9.17) is 4.74 Å². The standard InChI is InChI=1S/C26H29F5N2O4S/c1-23(2,3)37-22(35)24(12-14-32-15-13-24)38(36,17-34)20-7-5-19(6-8-20)21-9-4-18(16-33-21)10-11-25(27,28)26(29,30)31/h4-9,16,32H,10-15H2,1-3H3. The van der Waals surface area contributed by atoms with Crippen molar-refractivity contribution in [3.63, 3.8) is 0 Å². The third-order valence-electron chi connectivity index (χ3n) is 6.30. The first-order valence-electron chi connectivity index (χ1n) is 11.9. The predicted molar refractivity (Wildman–Crippen MR) is 132 cm³/mol. The second kappa shape index (κ2) is 10.7. The number of carbonyl (C=O) groups is 1. The van der Waals surface area contributed by atoms with Crippen LogP contribution in [0.1, 0.15) is 45.6 Å². The Kier molecular flexibility index (Phi) is 8.41. The fraction of sp³-hybridized carbons (Fsp3) is 0.500. The minimum absolute atomic E-state index is 0.106. The molecule has 0 aliphatic carbocycles. The fourth-order valence-electron chi connectivity index (χ4n) is 4.17. The average molecular weight is 561 g/mol. The Morgan fingerprint density at radius 2 is 1.66 bits per heavy atom. The minimum Gasteiger partial charge on any atom is -0.459 e. The molecule has 1 fully saturated rings. The Bertz CT molecular complexity index is 1280. The van der Waals surface area contributed by atoms with Crippen molar-refractivity contribution in [2.45, 2.75) is 73.8 Å². The molecular weight excluding hydrogens is 531 g/mol. The highest BCUT2D eigenvalue weighted by molar-refractivity contribution is 8.02. The van der Waals surface area contributed by atoms with Crippen molar-refractivity contribution in [3.05, 3.63) is 48.2 Å². The predicted octanol–water partition coefficient (Wildman–Crippen LogP) is 5.05. The number of alkyl halides is 5. The molecule has 0 bridgehead atoms. The highest BCUT2D eigenvalue weighted by atomic mass is 32.2. The van der Waals surface area contributed by atoms with Crippen molar-refractivity contribution in [2.75, 3.05) is 13.1 Å². The van der Waals surface area contributed by atoms with Crippen LogP contribution in [0, 0.1) is 0 Å². The zero-order chi connectivity index (χ0) is 28.4. The number of ether oxygens (including phenoxy) is 1. The van der Waals surface area contributed by atoms with Crippen LogP contribution in [0.5, 0.6) is 0 Å². The van der Waals surface area contributed by atoms with Crippen molar-refractivity contribution < 1.29 is 40.5 Å². The molecule has 1 unspecified atom stereocenters. The summed E-state index contributed by atoms with van der Waals surface area (Å²) in [6.07, 6.45) is -6.07. The quantitative estimate of drug-likeness (QED) is 0.290. The van der Waals surface area contributed by atoms with Crippen molar-refractivity contribution in [1.29, 1.82) is 0 Å². The Hall–Kier alpha value is -2.82. The van der Waals surface area contributed by atoms with Crippen molar-refractivity contribution >= 4 is 20.7 Å². The number of pyridine rings is 1. The molecule has 0 spiro atoms. The molecule has 0 saturated carbocycles. The summed E-state index contributed by atoms with van der Waals surface area (Å²) in [6.45, 7) is 5.77. The van der Waals surface area contributed by atoms with Gasteiger partial charge in [-0.05, 0) is 76.9 Å². The Balaban J connectivity index is 1.86. The van der Waals surface area contributed by atoms with Crippen LogP contribution in [0.15, 0.2) is 47.5 Å². The van der Waals surface area contributed by atoms with E-state index in [0.29, 0.717) is 24.3 Å². The third kappa shape index (κ3) is 6.08. The summed E-state index contributed by atoms with van der Waals surface area (Å²) < 4.78 is 81.7. The van der Waals surface area contributed by atoms with Crippen molar-refractivity contribution in [1.82, 2.24) is 10.3 Å². The van der Waals surface area contributed by atoms with Crippen LogP contribution in [-0.4, -0.2) is 55.9 Å². The van der Waals surface area contributed by atoms with Gasteiger partial charge in [-0.25, -0.2) is 4.79 Å². The van der Waals surface area contributed by atoms with Gasteiger partial charge in [-0.1, -0.05) is 18.2 Å². The van der Waals surface area contributed by atoms with Gasteiger partial charge in [0.15, 0.2) is 9.98 Å². The summed E-state index contributed by atoms with van der Waals surface area (Å²) in [5, 5.41) is 4.76. The van der Waals surface area contributed by atoms with Gasteiger partial charge in [0.1, 0.15) is 5.60 Å². The monoisotopic (exact) mass is 560 g/mol. The molecule has 2 heterocycles. The average Bonchev–Trinajstić information content (AvgIpc) is 2.86. The maximum atomic E-state index is 14.2. The number of esters is 1. The summed E-state index contributed by atoms with van der Waals surface area (Å²) in [5.74, 6) is -5.52. The maximum absolute atomic E-state index is 14.2. The van der Waals surface area contributed by atoms with E-state index in [9.17, 15) is 35.8 Å². The van der Waals surface area contributed by atoms with Crippen LogP contribution in [0.4, 0.5) is 22.0 Å². The minimum atomic E-state index is -5.62. The van der Waals surface area contributed by atoms with Gasteiger partial charge in [0, 0.05) is 23.1 Å². The molecule has 12 heteroatoms. The van der Waals surface area contributed by atoms with E-state index in [1.807, 2.05) is 0 Å². The number of aromatic nitrogens is 1. The van der Waals surface area contributed by atoms with Gasteiger partial charge in [-0.3, -0.25) is 14.0 Å². The SMILES string of the molecule is CC(C)(C)OC(=O)C1(S(=O)(=C=O)c2ccc(-c3ccc(CCC(F)(F)C(F)(F)F)cn3)cc2)CCNCC1. The molecular formula is C26H29F5N2O4S. The Labute approximate surface area is 218 Å². The highest BCUT2D eigenvalue weighted by Gasteiger charge is 2.56. The van der Waals surface area contributed by atoms with Gasteiger partial charge < -0.3 is 10.1 Å². The second-order valence-electron chi connectivity index (χ2n) is 10.2. The van der Waals surface area contributed by atoms with E-state index < -0.39 is 50.8 Å². The fourth-order valence-corrected chi connectivity index (χ4v) is 6.45. The van der Waals surface area contributed by atoms with E-state index in [0.717, 1.165) is 0 Å². The third-order valence-corrected chi connectivity index (χ3v) is 9.15. The van der Waals surface area contributed by atoms with Crippen LogP contribution in [-0.2, 0) is 30.3 Å². The lowest BCUT2D eigenvalue weighted by Gasteiger charge is -2.38. The van der Waals surface area contributed by atoms with Crippen LogP contribution in [0.3, 0.4) is 0 Å². The number of hydrogen-bond acceptors (Lipinski definition) is 6. The molecule has 1 atom stereocenters. The van der Waals surface area contributed by atoms with Crippen molar-refractivity contribution in [2.24, 2.45) is 0 Å². The van der Waals surface area contributed by atoms with Crippen LogP contribution >= 0.6 is 0 Å². The number of benzene rings is 1. The summed E-state index contributed by atoms with van der Waals surface area (Å²) in [5.41, 5.74) is 0.249. The van der Waals surface area contributed by atoms with Crippen LogP contribution in [0.25, 0.3) is 11.3 Å². The molecule has 3 rings (SSSR count). The largest absolute Gasteiger partial charge is 0.459 e. The number of aryl methyl sites for hydroxylation is 1. The van der Waals surface area contributed by atoms with E-state index in [1.165, 1.54) is 42.6 Å². The second-order valence-corrected chi connectivity index (χ2v) is 12.7. The van der Waals surface area contributed by atoms with Gasteiger partial charge in [0.05, 0.1) is 15.2 Å². The Morgan fingerprint density at radius 1 is 1.05 bits per heavy atom. The molecule has 1 N–H and O–H groups in total. The number of nitrogens with zero attached hydrogens (tertiary/aromatic N) is 1. The number of carbonyl (C=O) groups excluding carboxylic acids is 2. The molecule has 1 aliphatic rings. The summed E-state index contributed by atoms with van der Waals surface area (Å²) in [6, 6.07) is 8.82. The van der Waals surface area contributed by atoms with E-state index in [1.54, 1.807) is 26.0 Å². The van der Waals surface area contributed by atoms with Crippen LogP contribution < -0.4 is 5.32 Å². The summed E-state index contributed by atoms with van der Waals surface area (Å²) >= 11 is 0. The molecule has 0 radical (unpaired) electrons. The molecule has 38 heavy (non-hydrogen) atoms. The Morgan fingerprint density at radius 3 is 2.13 bits per heavy atom. The molecule has 2 aromatic rings. The molecule has 208 valence electrons. The van der Waals surface area contributed by atoms with Gasteiger partial charge in [-0.2, -0.15) is 22.0 Å². The number of piperidine rings is 1. The number of nitrogens with one attached hydrogen (secondary N) is 1. The molecule has 1 aliphatic heterocycles. The lowest BCUT2D eigenvalue weighted by Crippen LogP contribution is -2.55. The van der Waals surface area contributed by atoms with Gasteiger partial charge >= 0.3 is 18.1 Å². The molecule has 1 aromatic heterocycles. The van der Waals surface area contributed by atoms with E-state index >= 15 is 0 Å². The number of halogens is 5. The van der Waals surface area contributed by atoms with Gasteiger partial charge in [0.25, 0.3) is 0 Å². The smallest absolute Gasteiger partial charge is 0.453 e. The maximum Gasteiger partial charge on any atom is 0.453 e. The number of hydrogen-bond donors (Lipinski definition) is 1. The van der Waals surface area contributed by atoms with Gasteiger partial charge in [0.2, 0.25) is 0 Å². The normalized spacial score (nSPS) is 17.8. The zero-order valence-electron chi connectivity index (χ0n) is 21.2. The molecule has 0 amide bonds. The zero-order valence-corrected chi connectivity index (χ0v) is 22.0. The molecule has 1 saturated heterocycles.